The number of carbonyl (C=O) groups excluding carboxylic acids is 3. The summed E-state index contributed by atoms with van der Waals surface area (Å²) >= 11 is 0. The molecule has 10 nitrogen and oxygen atoms in total. The van der Waals surface area contributed by atoms with Crippen molar-refractivity contribution in [1.29, 1.82) is 0 Å². The van der Waals surface area contributed by atoms with Gasteiger partial charge in [0.15, 0.2) is 18.1 Å². The van der Waals surface area contributed by atoms with Crippen molar-refractivity contribution in [1.82, 2.24) is 4.98 Å². The molecule has 1 aromatic heterocycles. The fourth-order valence-electron chi connectivity index (χ4n) is 3.02. The minimum Gasteiger partial charge on any atom is -0.493 e. The Morgan fingerprint density at radius 3 is 2.06 bits per heavy atom. The van der Waals surface area contributed by atoms with Crippen LogP contribution in [0.25, 0.3) is 0 Å². The molecule has 0 saturated heterocycles. The topological polar surface area (TPSA) is 125 Å². The van der Waals surface area contributed by atoms with Crippen LogP contribution in [-0.2, 0) is 14.3 Å². The van der Waals surface area contributed by atoms with E-state index in [1.54, 1.807) is 32.9 Å². The quantitative estimate of drug-likeness (QED) is 0.577. The number of nitrogens with one attached hydrogen (secondary N) is 2. The Hall–Kier alpha value is -3.69. The number of hydrogen-bond donors (Lipinski definition) is 2. The number of benzene rings is 1. The van der Waals surface area contributed by atoms with Gasteiger partial charge in [0.2, 0.25) is 5.75 Å². The molecular formula is C21H26N2O8. The third-order valence-corrected chi connectivity index (χ3v) is 4.40. The number of amides is 1. The highest BCUT2D eigenvalue weighted by molar-refractivity contribution is 6.00. The molecule has 1 aromatic carbocycles. The van der Waals surface area contributed by atoms with Crippen LogP contribution in [0.4, 0.5) is 5.69 Å². The average molecular weight is 434 g/mol. The SMILES string of the molecule is CCOC(=O)c1c(C)[nH]c(C(=O)OCC(=O)Nc2cc(OC)c(OC)c(OC)c2)c1C. The van der Waals surface area contributed by atoms with E-state index in [1.807, 2.05) is 0 Å². The fourth-order valence-corrected chi connectivity index (χ4v) is 3.02. The number of methoxy groups -OCH3 is 3. The van der Waals surface area contributed by atoms with Crippen LogP contribution in [0.15, 0.2) is 12.1 Å². The smallest absolute Gasteiger partial charge is 0.355 e. The summed E-state index contributed by atoms with van der Waals surface area (Å²) in [5.74, 6) is -0.779. The first-order valence-corrected chi connectivity index (χ1v) is 9.40. The van der Waals surface area contributed by atoms with Crippen LogP contribution >= 0.6 is 0 Å². The third-order valence-electron chi connectivity index (χ3n) is 4.40. The molecule has 0 aliphatic heterocycles. The molecular weight excluding hydrogens is 408 g/mol. The minimum atomic E-state index is -0.767. The Bertz CT molecular complexity index is 955. The van der Waals surface area contributed by atoms with Gasteiger partial charge in [-0.15, -0.1) is 0 Å². The van der Waals surface area contributed by atoms with Crippen LogP contribution in [-0.4, -0.2) is 57.4 Å². The molecule has 0 saturated carbocycles. The van der Waals surface area contributed by atoms with E-state index in [9.17, 15) is 14.4 Å². The van der Waals surface area contributed by atoms with Crippen LogP contribution in [0.1, 0.15) is 39.0 Å². The summed E-state index contributed by atoms with van der Waals surface area (Å²) in [6.45, 7) is 4.61. The lowest BCUT2D eigenvalue weighted by Crippen LogP contribution is -2.21. The number of esters is 2. The summed E-state index contributed by atoms with van der Waals surface area (Å²) in [6, 6.07) is 3.09. The van der Waals surface area contributed by atoms with E-state index in [2.05, 4.69) is 10.3 Å². The maximum Gasteiger partial charge on any atom is 0.355 e. The molecule has 2 aromatic rings. The van der Waals surface area contributed by atoms with E-state index in [0.29, 0.717) is 34.2 Å². The number of ether oxygens (including phenoxy) is 5. The molecule has 0 aliphatic carbocycles. The van der Waals surface area contributed by atoms with Gasteiger partial charge in [-0.3, -0.25) is 4.79 Å². The van der Waals surface area contributed by atoms with Gasteiger partial charge in [-0.25, -0.2) is 9.59 Å². The summed E-state index contributed by atoms with van der Waals surface area (Å²) in [5, 5.41) is 2.60. The van der Waals surface area contributed by atoms with Crippen molar-refractivity contribution in [2.24, 2.45) is 0 Å². The van der Waals surface area contributed by atoms with Gasteiger partial charge in [-0.2, -0.15) is 0 Å². The Kier molecular flexibility index (Phi) is 7.89. The van der Waals surface area contributed by atoms with E-state index in [1.165, 1.54) is 21.3 Å². The summed E-state index contributed by atoms with van der Waals surface area (Å²) < 4.78 is 25.8. The van der Waals surface area contributed by atoms with Crippen LogP contribution in [0.3, 0.4) is 0 Å². The van der Waals surface area contributed by atoms with Crippen molar-refractivity contribution in [3.8, 4) is 17.2 Å². The Morgan fingerprint density at radius 2 is 1.55 bits per heavy atom. The predicted octanol–water partition coefficient (Wildman–Crippen LogP) is 2.63. The molecule has 0 bridgehead atoms. The number of aryl methyl sites for hydroxylation is 1. The van der Waals surface area contributed by atoms with Crippen molar-refractivity contribution in [3.63, 3.8) is 0 Å². The van der Waals surface area contributed by atoms with Crippen LogP contribution in [0.5, 0.6) is 17.2 Å². The number of aromatic nitrogens is 1. The maximum atomic E-state index is 12.4. The number of aromatic amines is 1. The van der Waals surface area contributed by atoms with Crippen molar-refractivity contribution in [2.45, 2.75) is 20.8 Å². The average Bonchev–Trinajstić information content (AvgIpc) is 3.05. The molecule has 0 fully saturated rings. The van der Waals surface area contributed by atoms with Gasteiger partial charge in [0, 0.05) is 23.5 Å². The first-order chi connectivity index (χ1) is 14.8. The largest absolute Gasteiger partial charge is 0.493 e. The maximum absolute atomic E-state index is 12.4. The van der Waals surface area contributed by atoms with Gasteiger partial charge in [-0.05, 0) is 26.3 Å². The number of anilines is 1. The first-order valence-electron chi connectivity index (χ1n) is 9.40. The van der Waals surface area contributed by atoms with Crippen molar-refractivity contribution in [2.75, 3.05) is 39.9 Å². The number of H-pyrrole nitrogens is 1. The molecule has 2 N–H and O–H groups in total. The standard InChI is InChI=1S/C21H26N2O8/c1-7-30-20(25)17-11(2)18(22-12(17)3)21(26)31-10-16(24)23-13-8-14(27-4)19(29-6)15(9-13)28-5/h8-9,22H,7,10H2,1-6H3,(H,23,24). The molecule has 0 radical (unpaired) electrons. The normalized spacial score (nSPS) is 10.3. The molecule has 2 rings (SSSR count). The number of carbonyl (C=O) groups is 3. The van der Waals surface area contributed by atoms with Crippen molar-refractivity contribution < 1.29 is 38.1 Å². The van der Waals surface area contributed by atoms with E-state index in [-0.39, 0.29) is 17.9 Å². The molecule has 0 spiro atoms. The molecule has 1 heterocycles. The third kappa shape index (κ3) is 5.27. The lowest BCUT2D eigenvalue weighted by molar-refractivity contribution is -0.119. The highest BCUT2D eigenvalue weighted by Gasteiger charge is 2.24. The first kappa shape index (κ1) is 23.6. The zero-order valence-corrected chi connectivity index (χ0v) is 18.3. The van der Waals surface area contributed by atoms with Gasteiger partial charge in [0.1, 0.15) is 5.69 Å². The molecule has 168 valence electrons. The van der Waals surface area contributed by atoms with E-state index in [4.69, 9.17) is 23.7 Å². The van der Waals surface area contributed by atoms with E-state index in [0.717, 1.165) is 0 Å². The van der Waals surface area contributed by atoms with Gasteiger partial charge in [-0.1, -0.05) is 0 Å². The van der Waals surface area contributed by atoms with Crippen LogP contribution < -0.4 is 19.5 Å². The van der Waals surface area contributed by atoms with Crippen LogP contribution in [0, 0.1) is 13.8 Å². The fraction of sp³-hybridized carbons (Fsp3) is 0.381. The molecule has 10 heteroatoms. The van der Waals surface area contributed by atoms with Gasteiger partial charge in [0.05, 0.1) is 33.5 Å². The van der Waals surface area contributed by atoms with Gasteiger partial charge in [0.25, 0.3) is 5.91 Å². The number of hydrogen-bond acceptors (Lipinski definition) is 8. The minimum absolute atomic E-state index is 0.0844. The molecule has 31 heavy (non-hydrogen) atoms. The van der Waals surface area contributed by atoms with E-state index < -0.39 is 24.5 Å². The zero-order valence-electron chi connectivity index (χ0n) is 18.3. The molecule has 0 unspecified atom stereocenters. The molecule has 0 atom stereocenters. The predicted molar refractivity (Wildman–Crippen MR) is 111 cm³/mol. The monoisotopic (exact) mass is 434 g/mol. The van der Waals surface area contributed by atoms with Crippen molar-refractivity contribution >= 4 is 23.5 Å². The van der Waals surface area contributed by atoms with Crippen molar-refractivity contribution in [3.05, 3.63) is 34.6 Å². The van der Waals surface area contributed by atoms with Crippen LogP contribution in [0.2, 0.25) is 0 Å². The van der Waals surface area contributed by atoms with E-state index >= 15 is 0 Å². The summed E-state index contributed by atoms with van der Waals surface area (Å²) in [5.41, 5.74) is 1.60. The second-order valence-electron chi connectivity index (χ2n) is 6.38. The Morgan fingerprint density at radius 1 is 0.935 bits per heavy atom. The molecule has 0 aliphatic rings. The summed E-state index contributed by atoms with van der Waals surface area (Å²) in [4.78, 5) is 39.5. The summed E-state index contributed by atoms with van der Waals surface area (Å²) in [6.07, 6.45) is 0. The number of rotatable bonds is 9. The highest BCUT2D eigenvalue weighted by Crippen LogP contribution is 2.39. The Labute approximate surface area is 179 Å². The second-order valence-corrected chi connectivity index (χ2v) is 6.38. The van der Waals surface area contributed by atoms with Gasteiger partial charge >= 0.3 is 11.9 Å². The Balaban J connectivity index is 2.08. The lowest BCUT2D eigenvalue weighted by Gasteiger charge is -2.14. The second kappa shape index (κ2) is 10.4. The summed E-state index contributed by atoms with van der Waals surface area (Å²) in [7, 11) is 4.38. The lowest BCUT2D eigenvalue weighted by atomic mass is 10.1. The van der Waals surface area contributed by atoms with Gasteiger partial charge < -0.3 is 34.0 Å². The molecule has 1 amide bonds. The highest BCUT2D eigenvalue weighted by atomic mass is 16.5. The zero-order chi connectivity index (χ0) is 23.1.